The van der Waals surface area contributed by atoms with Crippen molar-refractivity contribution in [3.05, 3.63) is 28.6 Å². The Kier molecular flexibility index (Phi) is 4.06. The van der Waals surface area contributed by atoms with Gasteiger partial charge in [0.2, 0.25) is 0 Å². The molecule has 0 unspecified atom stereocenters. The highest BCUT2D eigenvalue weighted by atomic mass is 79.9. The van der Waals surface area contributed by atoms with Gasteiger partial charge in [-0.25, -0.2) is 0 Å². The van der Waals surface area contributed by atoms with Gasteiger partial charge in [-0.1, -0.05) is 13.8 Å². The topological polar surface area (TPSA) is 61.7 Å². The summed E-state index contributed by atoms with van der Waals surface area (Å²) in [5, 5.41) is 8.78. The normalized spacial score (nSPS) is 11.3. The van der Waals surface area contributed by atoms with E-state index in [1.807, 2.05) is 23.1 Å². The molecule has 2 heterocycles. The van der Waals surface area contributed by atoms with Gasteiger partial charge in [-0.2, -0.15) is 10.2 Å². The first kappa shape index (κ1) is 13.1. The molecular weight excluding hydrogens is 294 g/mol. The zero-order valence-corrected chi connectivity index (χ0v) is 12.3. The number of hydrogen-bond donors (Lipinski definition) is 1. The number of nitrogen functional groups attached to an aromatic ring is 1. The maximum absolute atomic E-state index is 5.69. The molecule has 5 nitrogen and oxygen atoms in total. The second kappa shape index (κ2) is 5.56. The molecular formula is C12H18BrN5. The number of aromatic nitrogens is 4. The predicted molar refractivity (Wildman–Crippen MR) is 75.3 cm³/mol. The molecule has 18 heavy (non-hydrogen) atoms. The number of hydrogen-bond acceptors (Lipinski definition) is 3. The van der Waals surface area contributed by atoms with Crippen LogP contribution in [-0.2, 0) is 6.54 Å². The molecule has 2 N–H and O–H groups in total. The second-order valence-electron chi connectivity index (χ2n) is 4.32. The Morgan fingerprint density at radius 2 is 2.06 bits per heavy atom. The fourth-order valence-corrected chi connectivity index (χ4v) is 2.30. The first-order valence-electron chi connectivity index (χ1n) is 6.16. The number of nitrogens with zero attached hydrogens (tertiary/aromatic N) is 4. The largest absolute Gasteiger partial charge is 0.381 e. The zero-order valence-electron chi connectivity index (χ0n) is 10.7. The van der Waals surface area contributed by atoms with Crippen molar-refractivity contribution in [2.75, 3.05) is 5.73 Å². The van der Waals surface area contributed by atoms with Gasteiger partial charge in [-0.05, 0) is 34.8 Å². The first-order chi connectivity index (χ1) is 8.63. The Morgan fingerprint density at radius 1 is 1.33 bits per heavy atom. The van der Waals surface area contributed by atoms with Crippen molar-refractivity contribution in [1.29, 1.82) is 0 Å². The van der Waals surface area contributed by atoms with Crippen molar-refractivity contribution in [3.63, 3.8) is 0 Å². The highest BCUT2D eigenvalue weighted by molar-refractivity contribution is 9.10. The summed E-state index contributed by atoms with van der Waals surface area (Å²) in [5.41, 5.74) is 6.68. The van der Waals surface area contributed by atoms with Crippen molar-refractivity contribution >= 4 is 21.7 Å². The maximum atomic E-state index is 5.69. The fraction of sp³-hybridized carbons (Fsp3) is 0.500. The molecule has 0 bridgehead atoms. The van der Waals surface area contributed by atoms with Crippen LogP contribution in [0.25, 0.3) is 0 Å². The Balaban J connectivity index is 2.11. The summed E-state index contributed by atoms with van der Waals surface area (Å²) in [6, 6.07) is 2.51. The maximum Gasteiger partial charge on any atom is 0.159 e. The van der Waals surface area contributed by atoms with E-state index in [-0.39, 0.29) is 0 Å². The first-order valence-corrected chi connectivity index (χ1v) is 6.95. The number of anilines is 1. The third kappa shape index (κ3) is 2.75. The van der Waals surface area contributed by atoms with Gasteiger partial charge in [0.25, 0.3) is 0 Å². The van der Waals surface area contributed by atoms with E-state index < -0.39 is 0 Å². The standard InChI is InChI=1S/C12H18BrN5/c1-3-10(4-2)18-6-5-9(15-18)7-17-8-11(13)12(14)16-17/h5-6,8,10H,3-4,7H2,1-2H3,(H2,14,16). The van der Waals surface area contributed by atoms with Crippen LogP contribution in [0.3, 0.4) is 0 Å². The van der Waals surface area contributed by atoms with E-state index in [2.05, 4.69) is 40.0 Å². The van der Waals surface area contributed by atoms with E-state index in [0.29, 0.717) is 18.4 Å². The van der Waals surface area contributed by atoms with Crippen LogP contribution in [0.4, 0.5) is 5.82 Å². The third-order valence-electron chi connectivity index (χ3n) is 3.05. The van der Waals surface area contributed by atoms with E-state index in [4.69, 9.17) is 5.73 Å². The second-order valence-corrected chi connectivity index (χ2v) is 5.17. The van der Waals surface area contributed by atoms with Crippen molar-refractivity contribution in [1.82, 2.24) is 19.6 Å². The van der Waals surface area contributed by atoms with Gasteiger partial charge in [0.05, 0.1) is 22.8 Å². The molecule has 0 aliphatic heterocycles. The van der Waals surface area contributed by atoms with E-state index in [9.17, 15) is 0 Å². The molecule has 0 radical (unpaired) electrons. The smallest absolute Gasteiger partial charge is 0.159 e. The van der Waals surface area contributed by atoms with Crippen molar-refractivity contribution in [2.24, 2.45) is 0 Å². The molecule has 0 aliphatic rings. The Labute approximate surface area is 115 Å². The predicted octanol–water partition coefficient (Wildman–Crippen LogP) is 2.83. The van der Waals surface area contributed by atoms with Gasteiger partial charge in [-0.15, -0.1) is 0 Å². The highest BCUT2D eigenvalue weighted by Gasteiger charge is 2.09. The molecule has 0 saturated carbocycles. The van der Waals surface area contributed by atoms with Crippen LogP contribution in [-0.4, -0.2) is 19.6 Å². The van der Waals surface area contributed by atoms with Crippen LogP contribution >= 0.6 is 15.9 Å². The van der Waals surface area contributed by atoms with Crippen LogP contribution in [0.5, 0.6) is 0 Å². The quantitative estimate of drug-likeness (QED) is 0.923. The van der Waals surface area contributed by atoms with E-state index >= 15 is 0 Å². The van der Waals surface area contributed by atoms with Gasteiger partial charge in [-0.3, -0.25) is 9.36 Å². The summed E-state index contributed by atoms with van der Waals surface area (Å²) in [6.07, 6.45) is 6.09. The average molecular weight is 312 g/mol. The number of halogens is 1. The summed E-state index contributed by atoms with van der Waals surface area (Å²) in [4.78, 5) is 0. The van der Waals surface area contributed by atoms with Crippen molar-refractivity contribution < 1.29 is 0 Å². The van der Waals surface area contributed by atoms with Gasteiger partial charge >= 0.3 is 0 Å². The minimum atomic E-state index is 0.480. The molecule has 0 spiro atoms. The lowest BCUT2D eigenvalue weighted by Gasteiger charge is -2.12. The van der Waals surface area contributed by atoms with Gasteiger partial charge in [0.15, 0.2) is 5.82 Å². The molecule has 2 rings (SSSR count). The van der Waals surface area contributed by atoms with Crippen LogP contribution in [0.2, 0.25) is 0 Å². The fourth-order valence-electron chi connectivity index (χ4n) is 1.99. The lowest BCUT2D eigenvalue weighted by Crippen LogP contribution is -2.09. The zero-order chi connectivity index (χ0) is 13.1. The summed E-state index contributed by atoms with van der Waals surface area (Å²) >= 11 is 3.35. The van der Waals surface area contributed by atoms with E-state index in [1.165, 1.54) is 0 Å². The highest BCUT2D eigenvalue weighted by Crippen LogP contribution is 2.18. The Hall–Kier alpha value is -1.30. The molecule has 0 aromatic carbocycles. The molecule has 6 heteroatoms. The lowest BCUT2D eigenvalue weighted by atomic mass is 10.2. The van der Waals surface area contributed by atoms with Crippen LogP contribution in [0, 0.1) is 0 Å². The number of nitrogens with two attached hydrogens (primary N) is 1. The van der Waals surface area contributed by atoms with E-state index in [1.54, 1.807) is 4.68 Å². The minimum absolute atomic E-state index is 0.480. The monoisotopic (exact) mass is 311 g/mol. The Morgan fingerprint density at radius 3 is 2.61 bits per heavy atom. The third-order valence-corrected chi connectivity index (χ3v) is 3.66. The lowest BCUT2D eigenvalue weighted by molar-refractivity contribution is 0.424. The Bertz CT molecular complexity index is 493. The molecule has 2 aromatic rings. The molecule has 0 saturated heterocycles. The summed E-state index contributed by atoms with van der Waals surface area (Å²) in [6.45, 7) is 5.00. The molecule has 2 aromatic heterocycles. The van der Waals surface area contributed by atoms with Gasteiger partial charge in [0.1, 0.15) is 0 Å². The number of rotatable bonds is 5. The van der Waals surface area contributed by atoms with Gasteiger partial charge < -0.3 is 5.73 Å². The van der Waals surface area contributed by atoms with Crippen molar-refractivity contribution in [2.45, 2.75) is 39.3 Å². The molecule has 0 amide bonds. The summed E-state index contributed by atoms with van der Waals surface area (Å²) in [7, 11) is 0. The van der Waals surface area contributed by atoms with Crippen LogP contribution in [0.15, 0.2) is 22.9 Å². The minimum Gasteiger partial charge on any atom is -0.381 e. The molecule has 0 aliphatic carbocycles. The summed E-state index contributed by atoms with van der Waals surface area (Å²) < 4.78 is 4.65. The van der Waals surface area contributed by atoms with Crippen molar-refractivity contribution in [3.8, 4) is 0 Å². The average Bonchev–Trinajstić information content (AvgIpc) is 2.90. The molecule has 0 atom stereocenters. The molecule has 98 valence electrons. The van der Waals surface area contributed by atoms with Crippen LogP contribution < -0.4 is 5.73 Å². The van der Waals surface area contributed by atoms with E-state index in [0.717, 1.165) is 23.0 Å². The van der Waals surface area contributed by atoms with Crippen LogP contribution in [0.1, 0.15) is 38.4 Å². The van der Waals surface area contributed by atoms with Gasteiger partial charge in [0, 0.05) is 12.4 Å². The SMILES string of the molecule is CCC(CC)n1ccc(Cn2cc(Br)c(N)n2)n1. The summed E-state index contributed by atoms with van der Waals surface area (Å²) in [5.74, 6) is 0.509. The molecule has 0 fully saturated rings.